The number of esters is 1. The van der Waals surface area contributed by atoms with Crippen molar-refractivity contribution < 1.29 is 23.7 Å². The molecule has 0 saturated carbocycles. The largest absolute Gasteiger partial charge is 0.504 e. The van der Waals surface area contributed by atoms with E-state index in [1.807, 2.05) is 6.07 Å². The van der Waals surface area contributed by atoms with Crippen LogP contribution in [0.25, 0.3) is 0 Å². The van der Waals surface area contributed by atoms with E-state index < -0.39 is 5.72 Å². The molecular weight excluding hydrogens is 476 g/mol. The molecule has 0 amide bonds. The molecule has 0 bridgehead atoms. The summed E-state index contributed by atoms with van der Waals surface area (Å²) < 4.78 is 23.5. The number of carbonyl (C=O) groups excluding carboxylic acids is 1. The molecule has 32 heavy (non-hydrogen) atoms. The number of hydrogen-bond acceptors (Lipinski definition) is 7. The number of methoxy groups -OCH3 is 4. The quantitative estimate of drug-likeness (QED) is 0.351. The van der Waals surface area contributed by atoms with Crippen LogP contribution in [-0.2, 0) is 19.0 Å². The number of nitrogens with zero attached hydrogens (tertiary/aromatic N) is 1. The Balaban J connectivity index is 1.75. The van der Waals surface area contributed by atoms with Gasteiger partial charge in [-0.25, -0.2) is 4.79 Å². The smallest absolute Gasteiger partial charge is 0.337 e. The van der Waals surface area contributed by atoms with Crippen molar-refractivity contribution >= 4 is 27.6 Å². The predicted octanol–water partition coefficient (Wildman–Crippen LogP) is 4.13. The number of piperidine rings is 2. The molecule has 0 radical (unpaired) electrons. The van der Waals surface area contributed by atoms with E-state index in [9.17, 15) is 4.79 Å². The van der Waals surface area contributed by atoms with E-state index in [0.717, 1.165) is 48.3 Å². The number of ether oxygens (including phenoxy) is 4. The third kappa shape index (κ3) is 3.60. The highest BCUT2D eigenvalue weighted by atomic mass is 79.9. The zero-order valence-electron chi connectivity index (χ0n) is 19.4. The van der Waals surface area contributed by atoms with Gasteiger partial charge in [-0.05, 0) is 43.4 Å². The molecule has 5 atom stereocenters. The molecule has 8 heteroatoms. The first-order valence-corrected chi connectivity index (χ1v) is 12.0. The van der Waals surface area contributed by atoms with Gasteiger partial charge in [0.2, 0.25) is 0 Å². The Morgan fingerprint density at radius 2 is 2.09 bits per heavy atom. The zero-order chi connectivity index (χ0) is 23.0. The van der Waals surface area contributed by atoms with Crippen molar-refractivity contribution in [2.75, 3.05) is 46.8 Å². The molecule has 0 aliphatic carbocycles. The minimum Gasteiger partial charge on any atom is -0.504 e. The summed E-state index contributed by atoms with van der Waals surface area (Å²) in [6.45, 7) is 4.07. The Kier molecular flexibility index (Phi) is 6.75. The molecule has 0 aromatic heterocycles. The molecule has 1 aromatic carbocycles. The molecule has 1 N–H and O–H groups in total. The molecule has 3 aliphatic heterocycles. The number of fused-ring (bicyclic) bond motifs is 5. The zero-order valence-corrected chi connectivity index (χ0v) is 21.0. The summed E-state index contributed by atoms with van der Waals surface area (Å²) in [5.74, 6) is 1.06. The van der Waals surface area contributed by atoms with Gasteiger partial charge in [0, 0.05) is 35.3 Å². The van der Waals surface area contributed by atoms with Gasteiger partial charge in [-0.15, -0.1) is 0 Å². The second kappa shape index (κ2) is 9.23. The van der Waals surface area contributed by atoms with Crippen molar-refractivity contribution in [3.05, 3.63) is 34.0 Å². The van der Waals surface area contributed by atoms with Crippen LogP contribution in [0.1, 0.15) is 37.7 Å². The number of anilines is 1. The summed E-state index contributed by atoms with van der Waals surface area (Å²) in [5, 5.41) is 3.74. The van der Waals surface area contributed by atoms with E-state index in [4.69, 9.17) is 18.9 Å². The summed E-state index contributed by atoms with van der Waals surface area (Å²) >= 11 is 3.61. The Labute approximate surface area is 198 Å². The van der Waals surface area contributed by atoms with Crippen LogP contribution in [0.3, 0.4) is 0 Å². The van der Waals surface area contributed by atoms with Gasteiger partial charge in [-0.2, -0.15) is 0 Å². The monoisotopic (exact) mass is 508 g/mol. The fraction of sp³-hybridized carbons (Fsp3) is 0.625. The van der Waals surface area contributed by atoms with Crippen molar-refractivity contribution in [3.8, 4) is 5.75 Å². The van der Waals surface area contributed by atoms with Crippen LogP contribution in [0, 0.1) is 11.8 Å². The first-order chi connectivity index (χ1) is 15.4. The van der Waals surface area contributed by atoms with Crippen LogP contribution in [0.5, 0.6) is 5.75 Å². The Morgan fingerprint density at radius 1 is 1.31 bits per heavy atom. The maximum atomic E-state index is 12.6. The lowest BCUT2D eigenvalue weighted by molar-refractivity contribution is -0.141. The van der Waals surface area contributed by atoms with E-state index in [-0.39, 0.29) is 23.8 Å². The lowest BCUT2D eigenvalue weighted by Crippen LogP contribution is -2.66. The van der Waals surface area contributed by atoms with Crippen LogP contribution in [0.2, 0.25) is 0 Å². The highest BCUT2D eigenvalue weighted by Crippen LogP contribution is 2.57. The van der Waals surface area contributed by atoms with E-state index in [1.165, 1.54) is 12.7 Å². The molecule has 3 aliphatic rings. The van der Waals surface area contributed by atoms with Crippen molar-refractivity contribution in [1.29, 1.82) is 0 Å². The van der Waals surface area contributed by atoms with E-state index in [1.54, 1.807) is 27.6 Å². The Hall–Kier alpha value is -1.77. The van der Waals surface area contributed by atoms with Gasteiger partial charge in [-0.1, -0.05) is 29.3 Å². The van der Waals surface area contributed by atoms with Crippen LogP contribution in [0.4, 0.5) is 5.69 Å². The summed E-state index contributed by atoms with van der Waals surface area (Å²) in [5.41, 5.74) is 2.22. The second-order valence-electron chi connectivity index (χ2n) is 8.85. The van der Waals surface area contributed by atoms with Crippen molar-refractivity contribution in [2.24, 2.45) is 11.8 Å². The lowest BCUT2D eigenvalue weighted by Gasteiger charge is -2.55. The van der Waals surface area contributed by atoms with Crippen molar-refractivity contribution in [1.82, 2.24) is 4.90 Å². The number of benzene rings is 1. The summed E-state index contributed by atoms with van der Waals surface area (Å²) in [4.78, 5) is 15.2. The van der Waals surface area contributed by atoms with Gasteiger partial charge in [-0.3, -0.25) is 4.90 Å². The molecular formula is C24H33BrN2O5. The Bertz CT molecular complexity index is 907. The van der Waals surface area contributed by atoms with Crippen LogP contribution in [-0.4, -0.2) is 64.2 Å². The summed E-state index contributed by atoms with van der Waals surface area (Å²) in [6.07, 6.45) is 4.29. The fourth-order valence-electron chi connectivity index (χ4n) is 6.19. The van der Waals surface area contributed by atoms with Crippen LogP contribution in [0.15, 0.2) is 28.4 Å². The molecule has 4 rings (SSSR count). The van der Waals surface area contributed by atoms with Gasteiger partial charge in [0.1, 0.15) is 5.75 Å². The molecule has 7 nitrogen and oxygen atoms in total. The highest BCUT2D eigenvalue weighted by molar-refractivity contribution is 9.10. The normalized spacial score (nSPS) is 31.8. The standard InChI is InChI=1S/C24H33BrN2O5/c1-6-14-12-27-8-7-18-22-19(9-15(25)10-20(22)30-3)26-24(18,32-5)21(27)11-16(14)17(13-29-2)23(28)31-4/h9-10,13-14,16,18,21,26H,6-8,11-12H2,1-5H3/b17-13+/t14-,16+,18?,21+,24-/m1/s1. The van der Waals surface area contributed by atoms with E-state index in [0.29, 0.717) is 11.5 Å². The first-order valence-electron chi connectivity index (χ1n) is 11.2. The van der Waals surface area contributed by atoms with E-state index in [2.05, 4.69) is 39.1 Å². The summed E-state index contributed by atoms with van der Waals surface area (Å²) in [6, 6.07) is 4.20. The topological polar surface area (TPSA) is 69.3 Å². The van der Waals surface area contributed by atoms with E-state index >= 15 is 0 Å². The maximum absolute atomic E-state index is 12.6. The number of rotatable bonds is 6. The third-order valence-corrected chi connectivity index (χ3v) is 8.06. The molecule has 0 spiro atoms. The number of carbonyl (C=O) groups is 1. The van der Waals surface area contributed by atoms with Gasteiger partial charge in [0.05, 0.1) is 39.2 Å². The molecule has 176 valence electrons. The fourth-order valence-corrected chi connectivity index (χ4v) is 6.63. The van der Waals surface area contributed by atoms with Crippen molar-refractivity contribution in [3.63, 3.8) is 0 Å². The maximum Gasteiger partial charge on any atom is 0.337 e. The molecule has 2 saturated heterocycles. The predicted molar refractivity (Wildman–Crippen MR) is 126 cm³/mol. The van der Waals surface area contributed by atoms with Crippen LogP contribution >= 0.6 is 15.9 Å². The molecule has 1 aromatic rings. The minimum atomic E-state index is -0.597. The molecule has 1 unspecified atom stereocenters. The van der Waals surface area contributed by atoms with Gasteiger partial charge in [0.25, 0.3) is 0 Å². The van der Waals surface area contributed by atoms with Gasteiger partial charge in [0.15, 0.2) is 5.72 Å². The molecule has 3 heterocycles. The highest BCUT2D eigenvalue weighted by Gasteiger charge is 2.59. The number of nitrogens with one attached hydrogen (secondary N) is 1. The summed E-state index contributed by atoms with van der Waals surface area (Å²) in [7, 11) is 6.49. The Morgan fingerprint density at radius 3 is 2.72 bits per heavy atom. The van der Waals surface area contributed by atoms with Gasteiger partial charge >= 0.3 is 5.97 Å². The first kappa shape index (κ1) is 23.4. The average Bonchev–Trinajstić information content (AvgIpc) is 3.15. The SMILES string of the molecule is CC[C@@H]1CN2CCC3c4c(cc(Br)cc4OC)N[C@]3(OC)[C@@H]2C[C@@H]1/C(=C\OC)C(=O)OC. The van der Waals surface area contributed by atoms with Crippen LogP contribution < -0.4 is 10.1 Å². The van der Waals surface area contributed by atoms with Crippen molar-refractivity contribution in [2.45, 2.75) is 43.9 Å². The second-order valence-corrected chi connectivity index (χ2v) is 9.77. The number of halogens is 1. The van der Waals surface area contributed by atoms with Gasteiger partial charge < -0.3 is 24.3 Å². The lowest BCUT2D eigenvalue weighted by atomic mass is 9.69. The number of hydrogen-bond donors (Lipinski definition) is 1. The third-order valence-electron chi connectivity index (χ3n) is 7.61. The minimum absolute atomic E-state index is 0.0265. The molecule has 2 fully saturated rings. The average molecular weight is 509 g/mol.